The van der Waals surface area contributed by atoms with Gasteiger partial charge in [-0.05, 0) is 16.7 Å². The normalized spacial score (nSPS) is 11.3. The van der Waals surface area contributed by atoms with Gasteiger partial charge in [0.25, 0.3) is 0 Å². The highest BCUT2D eigenvalue weighted by Gasteiger charge is 2.34. The van der Waals surface area contributed by atoms with E-state index in [0.717, 1.165) is 11.1 Å². The maximum Gasteiger partial charge on any atom is 0.426 e. The van der Waals surface area contributed by atoms with Crippen LogP contribution in [-0.2, 0) is 0 Å². The quantitative estimate of drug-likeness (QED) is 0.564. The summed E-state index contributed by atoms with van der Waals surface area (Å²) in [6.45, 7) is 0. The van der Waals surface area contributed by atoms with Crippen molar-refractivity contribution < 1.29 is 13.2 Å². The fourth-order valence-electron chi connectivity index (χ4n) is 1.61. The molecule has 0 saturated carbocycles. The number of thiocarbonyl (C=S) groups is 1. The van der Waals surface area contributed by atoms with Gasteiger partial charge in [0, 0.05) is 0 Å². The van der Waals surface area contributed by atoms with E-state index in [0.29, 0.717) is 0 Å². The van der Waals surface area contributed by atoms with Crippen molar-refractivity contribution in [1.29, 1.82) is 0 Å². The molecule has 4 heteroatoms. The van der Waals surface area contributed by atoms with Crippen LogP contribution < -0.4 is 0 Å². The van der Waals surface area contributed by atoms with Crippen LogP contribution in [-0.4, -0.2) is 11.0 Å². The number of rotatable bonds is 2. The fraction of sp³-hybridized carbons (Fsp3) is 0.0714. The van der Waals surface area contributed by atoms with Crippen LogP contribution in [0.3, 0.4) is 0 Å². The van der Waals surface area contributed by atoms with E-state index in [-0.39, 0.29) is 5.56 Å². The van der Waals surface area contributed by atoms with Crippen molar-refractivity contribution in [1.82, 2.24) is 0 Å². The van der Waals surface area contributed by atoms with Crippen molar-refractivity contribution in [3.8, 4) is 11.1 Å². The zero-order chi connectivity index (χ0) is 13.2. The topological polar surface area (TPSA) is 0 Å². The van der Waals surface area contributed by atoms with Crippen LogP contribution in [0.15, 0.2) is 54.6 Å². The summed E-state index contributed by atoms with van der Waals surface area (Å²) in [5.74, 6) is 0. The summed E-state index contributed by atoms with van der Waals surface area (Å²) in [5, 5.41) is 0. The largest absolute Gasteiger partial charge is 0.426 e. The van der Waals surface area contributed by atoms with E-state index >= 15 is 0 Å². The smallest absolute Gasteiger partial charge is 0.165 e. The van der Waals surface area contributed by atoms with Gasteiger partial charge in [0.1, 0.15) is 4.86 Å². The summed E-state index contributed by atoms with van der Waals surface area (Å²) in [4.78, 5) is -0.984. The number of halogens is 3. The molecule has 18 heavy (non-hydrogen) atoms. The minimum atomic E-state index is -4.45. The van der Waals surface area contributed by atoms with E-state index in [4.69, 9.17) is 0 Å². The summed E-state index contributed by atoms with van der Waals surface area (Å²) in [6, 6.07) is 15.5. The number of alkyl halides is 3. The Morgan fingerprint density at radius 3 is 1.78 bits per heavy atom. The third kappa shape index (κ3) is 2.76. The van der Waals surface area contributed by atoms with E-state index < -0.39 is 11.0 Å². The van der Waals surface area contributed by atoms with Crippen LogP contribution in [0.25, 0.3) is 11.1 Å². The standard InChI is InChI=1S/C14H9F3S/c15-14(16,17)13(18)12-8-6-11(7-9-12)10-4-2-1-3-5-10/h1-9H. The number of benzene rings is 2. The second-order valence-corrected chi connectivity index (χ2v) is 4.18. The van der Waals surface area contributed by atoms with Gasteiger partial charge >= 0.3 is 6.18 Å². The first-order valence-corrected chi connectivity index (χ1v) is 5.66. The van der Waals surface area contributed by atoms with Gasteiger partial charge in [-0.1, -0.05) is 66.8 Å². The van der Waals surface area contributed by atoms with Crippen LogP contribution in [0, 0.1) is 0 Å². The molecule has 0 aromatic heterocycles. The first kappa shape index (κ1) is 12.8. The summed E-state index contributed by atoms with van der Waals surface area (Å²) in [5.41, 5.74) is 1.85. The molecule has 0 nitrogen and oxygen atoms in total. The van der Waals surface area contributed by atoms with Crippen LogP contribution >= 0.6 is 12.2 Å². The molecule has 0 spiro atoms. The fourth-order valence-corrected chi connectivity index (χ4v) is 1.74. The molecule has 2 aromatic carbocycles. The second-order valence-electron chi connectivity index (χ2n) is 3.77. The van der Waals surface area contributed by atoms with Gasteiger partial charge in [-0.3, -0.25) is 0 Å². The van der Waals surface area contributed by atoms with Gasteiger partial charge < -0.3 is 0 Å². The number of hydrogen-bond donors (Lipinski definition) is 0. The van der Waals surface area contributed by atoms with Crippen LogP contribution in [0.1, 0.15) is 5.56 Å². The molecular weight excluding hydrogens is 257 g/mol. The minimum Gasteiger partial charge on any atom is -0.165 e. The highest BCUT2D eigenvalue weighted by Crippen LogP contribution is 2.25. The van der Waals surface area contributed by atoms with Gasteiger partial charge in [-0.15, -0.1) is 0 Å². The zero-order valence-corrected chi connectivity index (χ0v) is 10.1. The van der Waals surface area contributed by atoms with E-state index in [1.807, 2.05) is 30.3 Å². The lowest BCUT2D eigenvalue weighted by Crippen LogP contribution is -2.21. The summed E-state index contributed by atoms with van der Waals surface area (Å²) < 4.78 is 37.3. The average molecular weight is 266 g/mol. The Labute approximate surface area is 108 Å². The van der Waals surface area contributed by atoms with Crippen molar-refractivity contribution in [3.63, 3.8) is 0 Å². The lowest BCUT2D eigenvalue weighted by atomic mass is 10.0. The molecule has 0 saturated heterocycles. The summed E-state index contributed by atoms with van der Waals surface area (Å²) in [7, 11) is 0. The van der Waals surface area contributed by atoms with Gasteiger partial charge in [0.05, 0.1) is 0 Å². The lowest BCUT2D eigenvalue weighted by molar-refractivity contribution is -0.0556. The molecule has 0 radical (unpaired) electrons. The summed E-state index contributed by atoms with van der Waals surface area (Å²) >= 11 is 4.39. The van der Waals surface area contributed by atoms with Crippen LogP contribution in [0.5, 0.6) is 0 Å². The molecule has 0 bridgehead atoms. The molecule has 0 aliphatic rings. The molecule has 0 heterocycles. The minimum absolute atomic E-state index is 0.0252. The van der Waals surface area contributed by atoms with Crippen molar-refractivity contribution >= 4 is 17.1 Å². The highest BCUT2D eigenvalue weighted by atomic mass is 32.1. The first-order chi connectivity index (χ1) is 8.48. The van der Waals surface area contributed by atoms with Crippen molar-refractivity contribution in [3.05, 3.63) is 60.2 Å². The Kier molecular flexibility index (Phi) is 3.48. The molecule has 92 valence electrons. The Morgan fingerprint density at radius 2 is 1.28 bits per heavy atom. The molecule has 0 N–H and O–H groups in total. The molecule has 0 amide bonds. The maximum absolute atomic E-state index is 12.4. The molecule has 0 aliphatic carbocycles. The predicted octanol–water partition coefficient (Wildman–Crippen LogP) is 4.63. The molecule has 2 aromatic rings. The van der Waals surface area contributed by atoms with Gasteiger partial charge in [0.15, 0.2) is 0 Å². The van der Waals surface area contributed by atoms with Crippen molar-refractivity contribution in [2.24, 2.45) is 0 Å². The van der Waals surface area contributed by atoms with Gasteiger partial charge in [-0.2, -0.15) is 13.2 Å². The molecule has 0 fully saturated rings. The average Bonchev–Trinajstić information content (AvgIpc) is 2.38. The van der Waals surface area contributed by atoms with Crippen molar-refractivity contribution in [2.45, 2.75) is 6.18 Å². The van der Waals surface area contributed by atoms with Gasteiger partial charge in [-0.25, -0.2) is 0 Å². The van der Waals surface area contributed by atoms with Gasteiger partial charge in [0.2, 0.25) is 0 Å². The van der Waals surface area contributed by atoms with E-state index in [9.17, 15) is 13.2 Å². The van der Waals surface area contributed by atoms with Crippen LogP contribution in [0.2, 0.25) is 0 Å². The summed E-state index contributed by atoms with van der Waals surface area (Å²) in [6.07, 6.45) is -4.45. The molecule has 0 unspecified atom stereocenters. The monoisotopic (exact) mass is 266 g/mol. The Morgan fingerprint density at radius 1 is 0.778 bits per heavy atom. The predicted molar refractivity (Wildman–Crippen MR) is 69.6 cm³/mol. The molecule has 0 aliphatic heterocycles. The zero-order valence-electron chi connectivity index (χ0n) is 9.24. The third-order valence-electron chi connectivity index (χ3n) is 2.51. The van der Waals surface area contributed by atoms with Crippen LogP contribution in [0.4, 0.5) is 13.2 Å². The Hall–Kier alpha value is -1.68. The second kappa shape index (κ2) is 4.90. The number of hydrogen-bond acceptors (Lipinski definition) is 1. The van der Waals surface area contributed by atoms with E-state index in [2.05, 4.69) is 12.2 Å². The van der Waals surface area contributed by atoms with Crippen molar-refractivity contribution in [2.75, 3.05) is 0 Å². The SMILES string of the molecule is FC(F)(F)C(=S)c1ccc(-c2ccccc2)cc1. The first-order valence-electron chi connectivity index (χ1n) is 5.25. The van der Waals surface area contributed by atoms with E-state index in [1.165, 1.54) is 12.1 Å². The molecule has 2 rings (SSSR count). The highest BCUT2D eigenvalue weighted by molar-refractivity contribution is 7.81. The Bertz CT molecular complexity index is 542. The lowest BCUT2D eigenvalue weighted by Gasteiger charge is -2.09. The Balaban J connectivity index is 2.29. The maximum atomic E-state index is 12.4. The third-order valence-corrected chi connectivity index (χ3v) is 2.98. The molecular formula is C14H9F3S. The van der Waals surface area contributed by atoms with E-state index in [1.54, 1.807) is 12.1 Å². The molecule has 0 atom stereocenters.